The first-order valence-corrected chi connectivity index (χ1v) is 9.11. The van der Waals surface area contributed by atoms with E-state index >= 15 is 0 Å². The van der Waals surface area contributed by atoms with Gasteiger partial charge < -0.3 is 20.7 Å². The molecule has 0 spiro atoms. The summed E-state index contributed by atoms with van der Waals surface area (Å²) in [4.78, 5) is 24.2. The van der Waals surface area contributed by atoms with Crippen LogP contribution in [0.1, 0.15) is 18.1 Å². The van der Waals surface area contributed by atoms with Gasteiger partial charge in [0.25, 0.3) is 0 Å². The lowest BCUT2D eigenvalue weighted by atomic mass is 9.62. The summed E-state index contributed by atoms with van der Waals surface area (Å²) in [7, 11) is 0. The molecule has 0 aliphatic heterocycles. The first-order valence-electron chi connectivity index (χ1n) is 9.11. The fraction of sp³-hybridized carbons (Fsp3) is 0.182. The molecule has 2 aromatic carbocycles. The highest BCUT2D eigenvalue weighted by Gasteiger charge is 2.50. The van der Waals surface area contributed by atoms with Crippen molar-refractivity contribution in [2.75, 3.05) is 0 Å². The van der Waals surface area contributed by atoms with E-state index in [2.05, 4.69) is 4.74 Å². The van der Waals surface area contributed by atoms with Crippen molar-refractivity contribution in [1.82, 2.24) is 0 Å². The summed E-state index contributed by atoms with van der Waals surface area (Å²) < 4.78 is 58.2. The number of aliphatic carboxylic acids is 2. The third kappa shape index (κ3) is 3.68. The second-order valence-corrected chi connectivity index (χ2v) is 7.31. The minimum absolute atomic E-state index is 0.0373. The van der Waals surface area contributed by atoms with Gasteiger partial charge in [0, 0.05) is 11.8 Å². The molecular weight excluding hydrogens is 434 g/mol. The fourth-order valence-electron chi connectivity index (χ4n) is 3.75. The minimum atomic E-state index is -3.19. The van der Waals surface area contributed by atoms with Crippen LogP contribution in [0.5, 0.6) is 5.75 Å². The number of carboxylic acid groups (broad SMARTS) is 2. The Hall–Kier alpha value is -3.82. The van der Waals surface area contributed by atoms with Crippen molar-refractivity contribution in [3.8, 4) is 5.75 Å². The lowest BCUT2D eigenvalue weighted by Crippen LogP contribution is -2.44. The second-order valence-electron chi connectivity index (χ2n) is 7.31. The van der Waals surface area contributed by atoms with Crippen LogP contribution in [-0.2, 0) is 15.0 Å². The highest BCUT2D eigenvalue weighted by atomic mass is 19.3. The van der Waals surface area contributed by atoms with Gasteiger partial charge in [0.2, 0.25) is 0 Å². The first-order chi connectivity index (χ1) is 14.9. The number of nitrogens with two attached hydrogens (primary N) is 1. The summed E-state index contributed by atoms with van der Waals surface area (Å²) >= 11 is 0. The van der Waals surface area contributed by atoms with E-state index < -0.39 is 52.3 Å². The summed E-state index contributed by atoms with van der Waals surface area (Å²) in [5.74, 6) is -5.55. The van der Waals surface area contributed by atoms with Crippen molar-refractivity contribution < 1.29 is 42.1 Å². The fourth-order valence-corrected chi connectivity index (χ4v) is 3.75. The van der Waals surface area contributed by atoms with Gasteiger partial charge in [0.05, 0.1) is 11.0 Å². The Morgan fingerprint density at radius 2 is 1.62 bits per heavy atom. The molecule has 0 heterocycles. The average molecular weight is 451 g/mol. The number of rotatable bonds is 6. The summed E-state index contributed by atoms with van der Waals surface area (Å²) in [6.07, 6.45) is 2.23. The standard InChI is InChI=1S/C22H17F4NO5/c1-21(19(30)31)5-6-22(16(17(21)27)18(28)29,12-7-13(23)10-14(24)8-12)11-3-2-4-15(9-11)32-20(25)26/h2-10,20H,27H2,1H3,(H,28,29)(H,30,31). The van der Waals surface area contributed by atoms with E-state index in [0.29, 0.717) is 6.07 Å². The number of allylic oxidation sites excluding steroid dienone is 1. The third-order valence-electron chi connectivity index (χ3n) is 5.38. The molecule has 1 aliphatic rings. The number of ether oxygens (including phenoxy) is 1. The maximum atomic E-state index is 14.1. The molecule has 32 heavy (non-hydrogen) atoms. The number of alkyl halides is 2. The zero-order valence-electron chi connectivity index (χ0n) is 16.5. The van der Waals surface area contributed by atoms with Crippen LogP contribution < -0.4 is 10.5 Å². The predicted octanol–water partition coefficient (Wildman–Crippen LogP) is 3.81. The molecule has 0 radical (unpaired) electrons. The number of hydrogen-bond donors (Lipinski definition) is 3. The maximum Gasteiger partial charge on any atom is 0.387 e. The van der Waals surface area contributed by atoms with E-state index in [4.69, 9.17) is 5.73 Å². The quantitative estimate of drug-likeness (QED) is 0.455. The van der Waals surface area contributed by atoms with Crippen LogP contribution in [0.25, 0.3) is 0 Å². The third-order valence-corrected chi connectivity index (χ3v) is 5.38. The first kappa shape index (κ1) is 22.9. The van der Waals surface area contributed by atoms with Crippen LogP contribution in [0.2, 0.25) is 0 Å². The summed E-state index contributed by atoms with van der Waals surface area (Å²) in [6.45, 7) is -2.03. The van der Waals surface area contributed by atoms with Crippen molar-refractivity contribution in [3.05, 3.63) is 88.6 Å². The Kier molecular flexibility index (Phi) is 5.73. The van der Waals surface area contributed by atoms with Crippen molar-refractivity contribution >= 4 is 11.9 Å². The van der Waals surface area contributed by atoms with Crippen LogP contribution in [-0.4, -0.2) is 28.8 Å². The molecule has 0 saturated heterocycles. The average Bonchev–Trinajstić information content (AvgIpc) is 2.68. The van der Waals surface area contributed by atoms with Gasteiger partial charge in [-0.3, -0.25) is 4.79 Å². The lowest BCUT2D eigenvalue weighted by Gasteiger charge is -2.40. The SMILES string of the molecule is CC1(C(=O)O)C=CC(c2cc(F)cc(F)c2)(c2cccc(OC(F)F)c2)C(C(=O)O)=C1N. The van der Waals surface area contributed by atoms with Gasteiger partial charge in [-0.25, -0.2) is 13.6 Å². The van der Waals surface area contributed by atoms with Crippen LogP contribution in [0, 0.1) is 17.0 Å². The van der Waals surface area contributed by atoms with Gasteiger partial charge in [0.1, 0.15) is 22.8 Å². The van der Waals surface area contributed by atoms with Crippen LogP contribution in [0.3, 0.4) is 0 Å². The molecule has 0 saturated carbocycles. The Labute approximate surface area is 179 Å². The summed E-state index contributed by atoms with van der Waals surface area (Å²) in [5, 5.41) is 19.7. The largest absolute Gasteiger partial charge is 0.480 e. The maximum absolute atomic E-state index is 14.1. The van der Waals surface area contributed by atoms with E-state index in [1.807, 2.05) is 0 Å². The van der Waals surface area contributed by atoms with E-state index in [9.17, 15) is 37.4 Å². The number of carbonyl (C=O) groups is 2. The van der Waals surface area contributed by atoms with E-state index in [1.165, 1.54) is 18.2 Å². The van der Waals surface area contributed by atoms with Crippen molar-refractivity contribution in [2.45, 2.75) is 19.0 Å². The molecule has 6 nitrogen and oxygen atoms in total. The molecule has 0 amide bonds. The smallest absolute Gasteiger partial charge is 0.387 e. The molecule has 168 valence electrons. The zero-order valence-corrected chi connectivity index (χ0v) is 16.5. The van der Waals surface area contributed by atoms with Crippen LogP contribution in [0.4, 0.5) is 17.6 Å². The van der Waals surface area contributed by atoms with Gasteiger partial charge in [-0.05, 0) is 42.3 Å². The molecular formula is C22H17F4NO5. The molecule has 0 bridgehead atoms. The molecule has 0 aromatic heterocycles. The Balaban J connectivity index is 2.44. The highest BCUT2D eigenvalue weighted by Crippen LogP contribution is 2.49. The van der Waals surface area contributed by atoms with E-state index in [0.717, 1.165) is 37.3 Å². The molecule has 4 N–H and O–H groups in total. The second kappa shape index (κ2) is 8.03. The van der Waals surface area contributed by atoms with Gasteiger partial charge in [-0.1, -0.05) is 24.3 Å². The van der Waals surface area contributed by atoms with Gasteiger partial charge in [-0.15, -0.1) is 0 Å². The van der Waals surface area contributed by atoms with Crippen LogP contribution in [0.15, 0.2) is 65.9 Å². The summed E-state index contributed by atoms with van der Waals surface area (Å²) in [6, 6.07) is 7.12. The molecule has 1 aliphatic carbocycles. The van der Waals surface area contributed by atoms with Crippen molar-refractivity contribution in [1.29, 1.82) is 0 Å². The highest BCUT2D eigenvalue weighted by molar-refractivity contribution is 5.97. The van der Waals surface area contributed by atoms with Gasteiger partial charge >= 0.3 is 18.6 Å². The Morgan fingerprint density at radius 1 is 1.00 bits per heavy atom. The van der Waals surface area contributed by atoms with Gasteiger partial charge in [-0.2, -0.15) is 8.78 Å². The minimum Gasteiger partial charge on any atom is -0.480 e. The normalized spacial score (nSPS) is 22.8. The van der Waals surface area contributed by atoms with Gasteiger partial charge in [0.15, 0.2) is 0 Å². The zero-order chi connectivity index (χ0) is 23.8. The topological polar surface area (TPSA) is 110 Å². The number of benzene rings is 2. The summed E-state index contributed by atoms with van der Waals surface area (Å²) in [5.41, 5.74) is 0.507. The lowest BCUT2D eigenvalue weighted by molar-refractivity contribution is -0.143. The number of halogens is 4. The van der Waals surface area contributed by atoms with Crippen molar-refractivity contribution in [3.63, 3.8) is 0 Å². The molecule has 2 unspecified atom stereocenters. The van der Waals surface area contributed by atoms with Crippen molar-refractivity contribution in [2.24, 2.45) is 11.1 Å². The molecule has 10 heteroatoms. The molecule has 3 rings (SSSR count). The molecule has 2 aromatic rings. The Morgan fingerprint density at radius 3 is 2.16 bits per heavy atom. The predicted molar refractivity (Wildman–Crippen MR) is 104 cm³/mol. The van der Waals surface area contributed by atoms with E-state index in [-0.39, 0.29) is 16.9 Å². The molecule has 2 atom stereocenters. The number of hydrogen-bond acceptors (Lipinski definition) is 4. The van der Waals surface area contributed by atoms with E-state index in [1.54, 1.807) is 0 Å². The van der Waals surface area contributed by atoms with Crippen LogP contribution >= 0.6 is 0 Å². The Bertz CT molecular complexity index is 1140. The number of carboxylic acids is 2. The monoisotopic (exact) mass is 451 g/mol. The molecule has 0 fully saturated rings.